The molecule has 0 bridgehead atoms. The van der Waals surface area contributed by atoms with E-state index < -0.39 is 29.9 Å². The summed E-state index contributed by atoms with van der Waals surface area (Å²) in [6, 6.07) is 12.4. The van der Waals surface area contributed by atoms with E-state index in [1.165, 1.54) is 24.1 Å². The van der Waals surface area contributed by atoms with Gasteiger partial charge in [0, 0.05) is 30.1 Å². The molecular weight excluding hydrogens is 391 g/mol. The van der Waals surface area contributed by atoms with Crippen molar-refractivity contribution in [2.75, 3.05) is 20.3 Å². The Bertz CT molecular complexity index is 1140. The lowest BCUT2D eigenvalue weighted by atomic mass is 10.1. The predicted molar refractivity (Wildman–Crippen MR) is 109 cm³/mol. The lowest BCUT2D eigenvalue weighted by molar-refractivity contribution is -0.134. The summed E-state index contributed by atoms with van der Waals surface area (Å²) in [7, 11) is 1.37. The second-order valence-corrected chi connectivity index (χ2v) is 6.55. The number of hydrogen-bond acceptors (Lipinski definition) is 5. The lowest BCUT2D eigenvalue weighted by Gasteiger charge is -2.21. The number of likely N-dealkylation sites (N-methyl/N-ethyl adjacent to an activating group) is 1. The van der Waals surface area contributed by atoms with E-state index in [1.54, 1.807) is 37.3 Å². The number of pyridine rings is 1. The quantitative estimate of drug-likeness (QED) is 0.603. The number of ether oxygens (including phenoxy) is 2. The van der Waals surface area contributed by atoms with Gasteiger partial charge in [-0.1, -0.05) is 24.3 Å². The summed E-state index contributed by atoms with van der Waals surface area (Å²) in [5.41, 5.74) is 0.724. The Kier molecular flexibility index (Phi) is 6.46. The highest BCUT2D eigenvalue weighted by Crippen LogP contribution is 2.19. The summed E-state index contributed by atoms with van der Waals surface area (Å²) in [5, 5.41) is 0.524. The molecule has 3 aromatic rings. The highest BCUT2D eigenvalue weighted by atomic mass is 19.1. The van der Waals surface area contributed by atoms with Gasteiger partial charge in [-0.2, -0.15) is 0 Å². The molecule has 0 fully saturated rings. The van der Waals surface area contributed by atoms with E-state index in [-0.39, 0.29) is 17.9 Å². The van der Waals surface area contributed by atoms with E-state index >= 15 is 0 Å². The maximum Gasteiger partial charge on any atom is 0.339 e. The summed E-state index contributed by atoms with van der Waals surface area (Å²) in [4.78, 5) is 40.9. The number of methoxy groups -OCH3 is 1. The van der Waals surface area contributed by atoms with Gasteiger partial charge in [-0.25, -0.2) is 9.18 Å². The first-order chi connectivity index (χ1) is 14.4. The Balaban J connectivity index is 1.69. The number of para-hydroxylation sites is 1. The van der Waals surface area contributed by atoms with Crippen LogP contribution in [0, 0.1) is 5.82 Å². The number of esters is 1. The number of rotatable bonds is 7. The number of nitrogens with one attached hydrogen (secondary N) is 1. The highest BCUT2D eigenvalue weighted by molar-refractivity contribution is 6.03. The van der Waals surface area contributed by atoms with E-state index in [2.05, 4.69) is 4.98 Å². The van der Waals surface area contributed by atoms with Crippen molar-refractivity contribution in [3.8, 4) is 5.75 Å². The maximum atomic E-state index is 13.9. The zero-order chi connectivity index (χ0) is 21.7. The average molecular weight is 412 g/mol. The predicted octanol–water partition coefficient (Wildman–Crippen LogP) is 2.88. The van der Waals surface area contributed by atoms with Crippen molar-refractivity contribution in [2.24, 2.45) is 0 Å². The van der Waals surface area contributed by atoms with Gasteiger partial charge >= 0.3 is 5.97 Å². The van der Waals surface area contributed by atoms with Crippen LogP contribution in [0.1, 0.15) is 22.8 Å². The van der Waals surface area contributed by atoms with Crippen LogP contribution < -0.4 is 10.3 Å². The topological polar surface area (TPSA) is 88.7 Å². The van der Waals surface area contributed by atoms with Crippen LogP contribution in [0.4, 0.5) is 4.39 Å². The number of H-pyrrole nitrogens is 1. The first-order valence-electron chi connectivity index (χ1n) is 9.32. The van der Waals surface area contributed by atoms with Crippen LogP contribution in [0.15, 0.2) is 53.3 Å². The van der Waals surface area contributed by atoms with Crippen molar-refractivity contribution in [1.29, 1.82) is 0 Å². The molecule has 30 heavy (non-hydrogen) atoms. The standard InChI is InChI=1S/C22H21FN2O5/c1-3-25(12-14-8-9-19(29-2)17(23)10-14)21(27)13-30-22(28)16-11-20(26)24-18-7-5-4-6-15(16)18/h4-11H,3,12-13H2,1-2H3,(H,24,26). The molecule has 0 aliphatic rings. The minimum absolute atomic E-state index is 0.0856. The summed E-state index contributed by atoms with van der Waals surface area (Å²) in [6.07, 6.45) is 0. The largest absolute Gasteiger partial charge is 0.494 e. The van der Waals surface area contributed by atoms with E-state index in [9.17, 15) is 18.8 Å². The third-order valence-corrected chi connectivity index (χ3v) is 4.62. The third-order valence-electron chi connectivity index (χ3n) is 4.62. The number of nitrogens with zero attached hydrogens (tertiary/aromatic N) is 1. The summed E-state index contributed by atoms with van der Waals surface area (Å²) < 4.78 is 23.9. The molecule has 7 nitrogen and oxygen atoms in total. The van der Waals surface area contributed by atoms with Crippen molar-refractivity contribution in [2.45, 2.75) is 13.5 Å². The molecule has 0 saturated heterocycles. The lowest BCUT2D eigenvalue weighted by Crippen LogP contribution is -2.34. The van der Waals surface area contributed by atoms with E-state index in [0.29, 0.717) is 23.0 Å². The van der Waals surface area contributed by atoms with Crippen LogP contribution in [0.3, 0.4) is 0 Å². The van der Waals surface area contributed by atoms with Crippen LogP contribution in [-0.2, 0) is 16.1 Å². The number of fused-ring (bicyclic) bond motifs is 1. The maximum absolute atomic E-state index is 13.9. The van der Waals surface area contributed by atoms with Gasteiger partial charge in [0.15, 0.2) is 18.2 Å². The second kappa shape index (κ2) is 9.21. The van der Waals surface area contributed by atoms with Crippen molar-refractivity contribution < 1.29 is 23.5 Å². The molecule has 0 aliphatic carbocycles. The van der Waals surface area contributed by atoms with Gasteiger partial charge in [0.1, 0.15) is 0 Å². The Hall–Kier alpha value is -3.68. The van der Waals surface area contributed by atoms with Crippen LogP contribution in [0.5, 0.6) is 5.75 Å². The molecule has 0 aliphatic heterocycles. The zero-order valence-corrected chi connectivity index (χ0v) is 16.6. The van der Waals surface area contributed by atoms with E-state index in [1.807, 2.05) is 0 Å². The van der Waals surface area contributed by atoms with Crippen LogP contribution in [-0.4, -0.2) is 42.0 Å². The van der Waals surface area contributed by atoms with Crippen LogP contribution in [0.2, 0.25) is 0 Å². The number of amides is 1. The summed E-state index contributed by atoms with van der Waals surface area (Å²) in [6.45, 7) is 1.77. The molecule has 0 unspecified atom stereocenters. The number of carbonyl (C=O) groups excluding carboxylic acids is 2. The Morgan fingerprint density at radius 1 is 1.13 bits per heavy atom. The SMILES string of the molecule is CCN(Cc1ccc(OC)c(F)c1)C(=O)COC(=O)c1cc(=O)[nH]c2ccccc12. The van der Waals surface area contributed by atoms with Crippen molar-refractivity contribution in [1.82, 2.24) is 9.88 Å². The molecule has 0 saturated carbocycles. The fourth-order valence-electron chi connectivity index (χ4n) is 3.07. The molecule has 1 amide bonds. The fraction of sp³-hybridized carbons (Fsp3) is 0.227. The monoisotopic (exact) mass is 412 g/mol. The molecule has 2 aromatic carbocycles. The summed E-state index contributed by atoms with van der Waals surface area (Å²) >= 11 is 0. The first-order valence-corrected chi connectivity index (χ1v) is 9.32. The third kappa shape index (κ3) is 4.65. The number of hydrogen-bond donors (Lipinski definition) is 1. The molecule has 0 atom stereocenters. The molecule has 156 valence electrons. The van der Waals surface area contributed by atoms with Crippen LogP contribution >= 0.6 is 0 Å². The van der Waals surface area contributed by atoms with Gasteiger partial charge in [0.25, 0.3) is 5.91 Å². The van der Waals surface area contributed by atoms with Crippen molar-refractivity contribution in [3.05, 3.63) is 75.8 Å². The molecule has 0 spiro atoms. The Morgan fingerprint density at radius 3 is 2.60 bits per heavy atom. The van der Waals surface area contributed by atoms with Gasteiger partial charge in [0.2, 0.25) is 5.56 Å². The minimum Gasteiger partial charge on any atom is -0.494 e. The molecule has 3 rings (SSSR count). The Morgan fingerprint density at radius 2 is 1.90 bits per heavy atom. The highest BCUT2D eigenvalue weighted by Gasteiger charge is 2.18. The number of benzene rings is 2. The van der Waals surface area contributed by atoms with E-state index in [0.717, 1.165) is 6.07 Å². The smallest absolute Gasteiger partial charge is 0.339 e. The molecule has 1 N–H and O–H groups in total. The fourth-order valence-corrected chi connectivity index (χ4v) is 3.07. The molecule has 0 radical (unpaired) electrons. The number of halogens is 1. The molecular formula is C22H21FN2O5. The Labute approximate surface area is 172 Å². The number of aromatic nitrogens is 1. The first kappa shape index (κ1) is 21.0. The van der Waals surface area contributed by atoms with Gasteiger partial charge in [0.05, 0.1) is 12.7 Å². The average Bonchev–Trinajstić information content (AvgIpc) is 2.75. The summed E-state index contributed by atoms with van der Waals surface area (Å²) in [5.74, 6) is -1.60. The van der Waals surface area contributed by atoms with Gasteiger partial charge in [-0.15, -0.1) is 0 Å². The van der Waals surface area contributed by atoms with Crippen molar-refractivity contribution >= 4 is 22.8 Å². The zero-order valence-electron chi connectivity index (χ0n) is 16.6. The second-order valence-electron chi connectivity index (χ2n) is 6.55. The minimum atomic E-state index is -0.766. The normalized spacial score (nSPS) is 10.6. The van der Waals surface area contributed by atoms with Gasteiger partial charge in [-0.3, -0.25) is 9.59 Å². The number of carbonyl (C=O) groups is 2. The van der Waals surface area contributed by atoms with E-state index in [4.69, 9.17) is 9.47 Å². The molecule has 1 heterocycles. The number of aromatic amines is 1. The van der Waals surface area contributed by atoms with Gasteiger partial charge in [-0.05, 0) is 30.7 Å². The van der Waals surface area contributed by atoms with Gasteiger partial charge < -0.3 is 19.4 Å². The molecule has 1 aromatic heterocycles. The van der Waals surface area contributed by atoms with Crippen LogP contribution in [0.25, 0.3) is 10.9 Å². The molecule has 8 heteroatoms. The van der Waals surface area contributed by atoms with Crippen molar-refractivity contribution in [3.63, 3.8) is 0 Å².